The lowest BCUT2D eigenvalue weighted by atomic mass is 9.94. The number of benzene rings is 1. The van der Waals surface area contributed by atoms with Crippen LogP contribution in [0.25, 0.3) is 0 Å². The van der Waals surface area contributed by atoms with E-state index in [0.717, 1.165) is 109 Å². The highest BCUT2D eigenvalue weighted by atomic mass is 16.6. The number of pyridine rings is 2. The number of carbonyl (C=O) groups is 4. The van der Waals surface area contributed by atoms with Crippen LogP contribution in [0.4, 0.5) is 11.6 Å². The quantitative estimate of drug-likeness (QED) is 0.0674. The molecule has 2 N–H and O–H groups in total. The summed E-state index contributed by atoms with van der Waals surface area (Å²) in [6.07, 6.45) is 17.0. The summed E-state index contributed by atoms with van der Waals surface area (Å²) in [5, 5.41) is 6.43. The highest BCUT2D eigenvalue weighted by Crippen LogP contribution is 2.31. The zero-order valence-electron chi connectivity index (χ0n) is 38.9. The van der Waals surface area contributed by atoms with E-state index in [-0.39, 0.29) is 48.6 Å². The average molecular weight is 893 g/mol. The molecule has 2 aliphatic heterocycles. The van der Waals surface area contributed by atoms with Crippen LogP contribution in [-0.2, 0) is 20.7 Å². The molecule has 2 atom stereocenters. The van der Waals surface area contributed by atoms with Crippen LogP contribution in [0.2, 0.25) is 0 Å². The van der Waals surface area contributed by atoms with Crippen molar-refractivity contribution in [1.82, 2.24) is 20.6 Å². The number of anilines is 2. The van der Waals surface area contributed by atoms with E-state index < -0.39 is 11.9 Å². The molecule has 0 spiro atoms. The minimum absolute atomic E-state index is 0.0100. The Morgan fingerprint density at radius 1 is 0.615 bits per heavy atom. The molecule has 3 aromatic rings. The van der Waals surface area contributed by atoms with Crippen molar-refractivity contribution < 1.29 is 33.4 Å². The zero-order chi connectivity index (χ0) is 45.4. The van der Waals surface area contributed by atoms with Crippen LogP contribution in [-0.4, -0.2) is 85.2 Å². The van der Waals surface area contributed by atoms with Crippen molar-refractivity contribution in [3.05, 3.63) is 71.3 Å². The molecular formula is C52H72N6O7. The van der Waals surface area contributed by atoms with Crippen LogP contribution in [0.1, 0.15) is 156 Å². The van der Waals surface area contributed by atoms with Gasteiger partial charge in [0.05, 0.1) is 26.1 Å². The molecule has 2 aliphatic carbocycles. The minimum Gasteiger partial charge on any atom is -0.477 e. The van der Waals surface area contributed by atoms with Crippen LogP contribution in [0, 0.1) is 17.8 Å². The largest absolute Gasteiger partial charge is 0.477 e. The van der Waals surface area contributed by atoms with Gasteiger partial charge in [0.1, 0.15) is 22.8 Å². The third-order valence-electron chi connectivity index (χ3n) is 13.5. The number of piperidine rings is 2. The molecule has 7 rings (SSSR count). The Kier molecular flexibility index (Phi) is 17.9. The van der Waals surface area contributed by atoms with E-state index in [1.54, 1.807) is 0 Å². The van der Waals surface area contributed by atoms with E-state index in [0.29, 0.717) is 66.7 Å². The normalized spacial score (nSPS) is 19.7. The van der Waals surface area contributed by atoms with Gasteiger partial charge in [0.25, 0.3) is 11.8 Å². The summed E-state index contributed by atoms with van der Waals surface area (Å²) in [6, 6.07) is 18.0. The highest BCUT2D eigenvalue weighted by Gasteiger charge is 2.30. The predicted octanol–water partition coefficient (Wildman–Crippen LogP) is 9.02. The second-order valence-corrected chi connectivity index (χ2v) is 19.3. The van der Waals surface area contributed by atoms with E-state index in [1.165, 1.54) is 18.4 Å². The first-order valence-electron chi connectivity index (χ1n) is 24.8. The number of carbonyl (C=O) groups excluding carboxylic acids is 4. The number of nitrogens with one attached hydrogen (secondary N) is 2. The Hall–Kier alpha value is -5.20. The van der Waals surface area contributed by atoms with Gasteiger partial charge in [-0.2, -0.15) is 9.97 Å². The number of esters is 2. The van der Waals surface area contributed by atoms with E-state index in [9.17, 15) is 19.2 Å². The van der Waals surface area contributed by atoms with Gasteiger partial charge < -0.3 is 34.6 Å². The number of aryl methyl sites for hydroxylation is 1. The summed E-state index contributed by atoms with van der Waals surface area (Å²) < 4.78 is 17.9. The van der Waals surface area contributed by atoms with Gasteiger partial charge in [0.2, 0.25) is 11.8 Å². The molecule has 0 radical (unpaired) electrons. The van der Waals surface area contributed by atoms with Gasteiger partial charge in [-0.15, -0.1) is 0 Å². The van der Waals surface area contributed by atoms with E-state index >= 15 is 0 Å². The number of ether oxygens (including phenoxy) is 3. The third-order valence-corrected chi connectivity index (χ3v) is 13.5. The van der Waals surface area contributed by atoms with Crippen molar-refractivity contribution in [2.24, 2.45) is 17.8 Å². The molecule has 0 bridgehead atoms. The van der Waals surface area contributed by atoms with Crippen LogP contribution >= 0.6 is 0 Å². The van der Waals surface area contributed by atoms with Gasteiger partial charge in [0.15, 0.2) is 0 Å². The second-order valence-electron chi connectivity index (χ2n) is 19.3. The molecule has 2 saturated heterocycles. The molecule has 2 amide bonds. The lowest BCUT2D eigenvalue weighted by Crippen LogP contribution is -2.38. The van der Waals surface area contributed by atoms with Gasteiger partial charge in [-0.3, -0.25) is 19.2 Å². The van der Waals surface area contributed by atoms with Gasteiger partial charge in [-0.05, 0) is 118 Å². The van der Waals surface area contributed by atoms with Crippen LogP contribution in [0.5, 0.6) is 11.8 Å². The maximum Gasteiger partial charge on any atom is 0.313 e. The van der Waals surface area contributed by atoms with Crippen molar-refractivity contribution in [3.8, 4) is 11.8 Å². The molecule has 4 aliphatic rings. The average Bonchev–Trinajstić information content (AvgIpc) is 3.31. The lowest BCUT2D eigenvalue weighted by molar-refractivity contribution is -0.161. The van der Waals surface area contributed by atoms with Crippen LogP contribution < -0.4 is 29.9 Å². The fourth-order valence-electron chi connectivity index (χ4n) is 9.84. The molecule has 0 unspecified atom stereocenters. The zero-order valence-corrected chi connectivity index (χ0v) is 38.9. The Morgan fingerprint density at radius 2 is 1.11 bits per heavy atom. The summed E-state index contributed by atoms with van der Waals surface area (Å²) in [6.45, 7) is 7.85. The number of hydrogen-bond acceptors (Lipinski definition) is 11. The minimum atomic E-state index is -0.508. The van der Waals surface area contributed by atoms with Crippen molar-refractivity contribution >= 4 is 35.4 Å². The third kappa shape index (κ3) is 14.6. The number of amides is 2. The summed E-state index contributed by atoms with van der Waals surface area (Å²) in [4.78, 5) is 67.5. The topological polar surface area (TPSA) is 152 Å². The second kappa shape index (κ2) is 24.4. The van der Waals surface area contributed by atoms with Crippen molar-refractivity contribution in [3.63, 3.8) is 0 Å². The summed E-state index contributed by atoms with van der Waals surface area (Å²) >= 11 is 0. The Balaban J connectivity index is 0.917. The SMILES string of the molecule is CC(C)CCOc1nc(N2CCC[C@@H](CC(=O)OC(=O)C[C@@H]3CCCN(c4ccc(C(=O)NC5CCCCC5)c(OCCCc5ccccc5)n4)C3)C2)ccc1C(=O)NC1CCCCC1. The summed E-state index contributed by atoms with van der Waals surface area (Å²) in [5.74, 6) is 1.20. The van der Waals surface area contributed by atoms with Crippen molar-refractivity contribution in [1.29, 1.82) is 0 Å². The van der Waals surface area contributed by atoms with E-state index in [2.05, 4.69) is 46.4 Å². The molecule has 4 fully saturated rings. The first kappa shape index (κ1) is 47.8. The highest BCUT2D eigenvalue weighted by molar-refractivity contribution is 5.97. The van der Waals surface area contributed by atoms with Gasteiger partial charge in [-0.1, -0.05) is 82.7 Å². The molecule has 352 valence electrons. The number of hydrogen-bond donors (Lipinski definition) is 2. The maximum atomic E-state index is 13.5. The van der Waals surface area contributed by atoms with Crippen molar-refractivity contribution in [2.75, 3.05) is 49.2 Å². The Bertz CT molecular complexity index is 2020. The fourth-order valence-corrected chi connectivity index (χ4v) is 9.84. The van der Waals surface area contributed by atoms with Crippen molar-refractivity contribution in [2.45, 2.75) is 148 Å². The number of rotatable bonds is 19. The van der Waals surface area contributed by atoms with E-state index in [1.807, 2.05) is 42.5 Å². The van der Waals surface area contributed by atoms with Gasteiger partial charge in [-0.25, -0.2) is 0 Å². The molecule has 2 saturated carbocycles. The standard InChI is InChI=1S/C52H72N6O7/c1-37(2)28-32-64-52-44(50(62)54-42-22-10-5-11-23-42)25-27-46(56-52)58-30-13-18-40(36-58)34-48(60)65-47(59)33-39-17-12-29-57(35-39)45-26-24-43(49(61)53-41-20-8-4-9-21-41)51(55-45)63-31-14-19-38-15-6-3-7-16-38/h3,6-7,15-16,24-27,37,39-42H,4-5,8-14,17-23,28-36H2,1-2H3,(H,53,61)(H,54,62)/t39-,40-/m0/s1. The maximum absolute atomic E-state index is 13.5. The fraction of sp³-hybridized carbons (Fsp3) is 0.615. The smallest absolute Gasteiger partial charge is 0.313 e. The molecular weight excluding hydrogens is 821 g/mol. The first-order chi connectivity index (χ1) is 31.7. The van der Waals surface area contributed by atoms with Crippen LogP contribution in [0.15, 0.2) is 54.6 Å². The monoisotopic (exact) mass is 893 g/mol. The molecule has 13 heteroatoms. The molecule has 13 nitrogen and oxygen atoms in total. The van der Waals surface area contributed by atoms with Crippen LogP contribution in [0.3, 0.4) is 0 Å². The molecule has 65 heavy (non-hydrogen) atoms. The number of nitrogens with zero attached hydrogens (tertiary/aromatic N) is 4. The lowest BCUT2D eigenvalue weighted by Gasteiger charge is -2.34. The first-order valence-corrected chi connectivity index (χ1v) is 24.8. The van der Waals surface area contributed by atoms with Gasteiger partial charge in [0, 0.05) is 38.3 Å². The number of aromatic nitrogens is 2. The molecule has 4 heterocycles. The summed E-state index contributed by atoms with van der Waals surface area (Å²) in [7, 11) is 0. The van der Waals surface area contributed by atoms with Gasteiger partial charge >= 0.3 is 11.9 Å². The Labute approximate surface area is 386 Å². The summed E-state index contributed by atoms with van der Waals surface area (Å²) in [5.41, 5.74) is 2.12. The predicted molar refractivity (Wildman–Crippen MR) is 253 cm³/mol. The molecule has 2 aromatic heterocycles. The Morgan fingerprint density at radius 3 is 1.60 bits per heavy atom. The van der Waals surface area contributed by atoms with E-state index in [4.69, 9.17) is 24.2 Å². The molecule has 1 aromatic carbocycles.